The highest BCUT2D eigenvalue weighted by molar-refractivity contribution is 5.20. The number of pyridine rings is 1. The molecule has 0 aliphatic rings. The van der Waals surface area contributed by atoms with Gasteiger partial charge in [0, 0.05) is 5.69 Å². The van der Waals surface area contributed by atoms with Crippen molar-refractivity contribution in [2.45, 2.75) is 20.4 Å². The molecule has 0 amide bonds. The van der Waals surface area contributed by atoms with Crippen molar-refractivity contribution in [2.75, 3.05) is 0 Å². The van der Waals surface area contributed by atoms with Gasteiger partial charge in [-0.25, -0.2) is 0 Å². The molecule has 0 spiro atoms. The Morgan fingerprint density at radius 1 is 1.50 bits per heavy atom. The quantitative estimate of drug-likeness (QED) is 0.525. The van der Waals surface area contributed by atoms with Gasteiger partial charge in [-0.3, -0.25) is 4.98 Å². The summed E-state index contributed by atoms with van der Waals surface area (Å²) >= 11 is 0. The molecule has 3 nitrogen and oxygen atoms in total. The second kappa shape index (κ2) is 3.72. The van der Waals surface area contributed by atoms with Crippen LogP contribution in [-0.2, 0) is 6.54 Å². The van der Waals surface area contributed by atoms with Crippen LogP contribution in [-0.4, -0.2) is 4.98 Å². The summed E-state index contributed by atoms with van der Waals surface area (Å²) in [6.07, 6.45) is 1.86. The predicted octanol–water partition coefficient (Wildman–Crippen LogP) is 1.27. The van der Waals surface area contributed by atoms with E-state index in [1.165, 1.54) is 5.56 Å². The molecular weight excluding hydrogens is 150 g/mol. The second-order valence-corrected chi connectivity index (χ2v) is 2.67. The first kappa shape index (κ1) is 8.54. The standard InChI is InChI=1S/C9H11N3/c1-7-3-4-9(5-11-6-10)12-8(7)2/h3-4,11H,5H2,1-2H3. The molecule has 0 atom stereocenters. The van der Waals surface area contributed by atoms with Crippen molar-refractivity contribution in [2.24, 2.45) is 0 Å². The zero-order valence-corrected chi connectivity index (χ0v) is 7.26. The first-order valence-corrected chi connectivity index (χ1v) is 3.79. The van der Waals surface area contributed by atoms with Crippen molar-refractivity contribution in [3.63, 3.8) is 0 Å². The predicted molar refractivity (Wildman–Crippen MR) is 46.2 cm³/mol. The third-order valence-electron chi connectivity index (χ3n) is 1.76. The summed E-state index contributed by atoms with van der Waals surface area (Å²) in [6.45, 7) is 4.49. The Labute approximate surface area is 72.1 Å². The maximum atomic E-state index is 8.26. The maximum Gasteiger partial charge on any atom is 0.176 e. The van der Waals surface area contributed by atoms with E-state index < -0.39 is 0 Å². The maximum absolute atomic E-state index is 8.26. The highest BCUT2D eigenvalue weighted by Gasteiger charge is 1.96. The van der Waals surface area contributed by atoms with Crippen LogP contribution in [0.4, 0.5) is 0 Å². The molecule has 0 aliphatic heterocycles. The van der Waals surface area contributed by atoms with E-state index in [0.717, 1.165) is 11.4 Å². The molecule has 0 saturated carbocycles. The Balaban J connectivity index is 2.77. The molecule has 1 heterocycles. The van der Waals surface area contributed by atoms with Gasteiger partial charge in [0.25, 0.3) is 0 Å². The minimum absolute atomic E-state index is 0.512. The molecule has 0 fully saturated rings. The number of nitriles is 1. The Morgan fingerprint density at radius 3 is 2.83 bits per heavy atom. The summed E-state index contributed by atoms with van der Waals surface area (Å²) < 4.78 is 0. The highest BCUT2D eigenvalue weighted by atomic mass is 14.9. The van der Waals surface area contributed by atoms with E-state index in [2.05, 4.69) is 10.3 Å². The third-order valence-corrected chi connectivity index (χ3v) is 1.76. The number of aryl methyl sites for hydroxylation is 2. The average Bonchev–Trinajstić information content (AvgIpc) is 2.07. The van der Waals surface area contributed by atoms with Crippen LogP contribution in [0, 0.1) is 25.3 Å². The van der Waals surface area contributed by atoms with Crippen molar-refractivity contribution in [3.8, 4) is 6.19 Å². The van der Waals surface area contributed by atoms with E-state index in [9.17, 15) is 0 Å². The summed E-state index contributed by atoms with van der Waals surface area (Å²) in [5, 5.41) is 10.8. The second-order valence-electron chi connectivity index (χ2n) is 2.67. The molecule has 0 unspecified atom stereocenters. The third kappa shape index (κ3) is 1.96. The largest absolute Gasteiger partial charge is 0.318 e. The topological polar surface area (TPSA) is 48.7 Å². The monoisotopic (exact) mass is 161 g/mol. The summed E-state index contributed by atoms with van der Waals surface area (Å²) in [4.78, 5) is 4.30. The van der Waals surface area contributed by atoms with Gasteiger partial charge in [-0.2, -0.15) is 5.26 Å². The van der Waals surface area contributed by atoms with Crippen LogP contribution in [0.1, 0.15) is 17.0 Å². The van der Waals surface area contributed by atoms with Crippen molar-refractivity contribution >= 4 is 0 Å². The lowest BCUT2D eigenvalue weighted by atomic mass is 10.2. The van der Waals surface area contributed by atoms with Crippen molar-refractivity contribution < 1.29 is 0 Å². The van der Waals surface area contributed by atoms with E-state index in [4.69, 9.17) is 5.26 Å². The Hall–Kier alpha value is -1.56. The molecule has 62 valence electrons. The number of hydrogen-bond acceptors (Lipinski definition) is 3. The van der Waals surface area contributed by atoms with Gasteiger partial charge in [0.2, 0.25) is 0 Å². The van der Waals surface area contributed by atoms with Gasteiger partial charge in [0.05, 0.1) is 12.2 Å². The van der Waals surface area contributed by atoms with E-state index in [1.807, 2.05) is 32.2 Å². The lowest BCUT2D eigenvalue weighted by Gasteiger charge is -2.02. The molecule has 1 aromatic heterocycles. The van der Waals surface area contributed by atoms with Crippen LogP contribution < -0.4 is 5.32 Å². The summed E-state index contributed by atoms with van der Waals surface area (Å²) in [7, 11) is 0. The fraction of sp³-hybridized carbons (Fsp3) is 0.333. The van der Waals surface area contributed by atoms with Crippen LogP contribution in [0.3, 0.4) is 0 Å². The molecule has 3 heteroatoms. The van der Waals surface area contributed by atoms with E-state index in [1.54, 1.807) is 0 Å². The van der Waals surface area contributed by atoms with Crippen molar-refractivity contribution in [1.82, 2.24) is 10.3 Å². The first-order valence-electron chi connectivity index (χ1n) is 3.79. The highest BCUT2D eigenvalue weighted by Crippen LogP contribution is 2.04. The SMILES string of the molecule is Cc1ccc(CNC#N)nc1C. The smallest absolute Gasteiger partial charge is 0.176 e. The number of aromatic nitrogens is 1. The Bertz CT molecular complexity index is 312. The molecule has 0 aromatic carbocycles. The van der Waals surface area contributed by atoms with Gasteiger partial charge in [-0.15, -0.1) is 0 Å². The number of hydrogen-bond donors (Lipinski definition) is 1. The molecule has 0 bridgehead atoms. The summed E-state index contributed by atoms with van der Waals surface area (Å²) in [6, 6.07) is 3.93. The van der Waals surface area contributed by atoms with Gasteiger partial charge in [0.1, 0.15) is 0 Å². The van der Waals surface area contributed by atoms with Crippen LogP contribution in [0.15, 0.2) is 12.1 Å². The molecule has 1 rings (SSSR count). The van der Waals surface area contributed by atoms with Gasteiger partial charge in [-0.05, 0) is 25.5 Å². The minimum Gasteiger partial charge on any atom is -0.318 e. The normalized spacial score (nSPS) is 9.08. The van der Waals surface area contributed by atoms with Gasteiger partial charge < -0.3 is 5.32 Å². The van der Waals surface area contributed by atoms with Gasteiger partial charge in [-0.1, -0.05) is 6.07 Å². The van der Waals surface area contributed by atoms with Crippen LogP contribution in [0.2, 0.25) is 0 Å². The lowest BCUT2D eigenvalue weighted by molar-refractivity contribution is 0.839. The molecule has 0 saturated heterocycles. The number of nitrogens with one attached hydrogen (secondary N) is 1. The zero-order valence-electron chi connectivity index (χ0n) is 7.26. The first-order chi connectivity index (χ1) is 5.74. The van der Waals surface area contributed by atoms with E-state index >= 15 is 0 Å². The van der Waals surface area contributed by atoms with Crippen molar-refractivity contribution in [1.29, 1.82) is 5.26 Å². The van der Waals surface area contributed by atoms with Crippen LogP contribution >= 0.6 is 0 Å². The Morgan fingerprint density at radius 2 is 2.25 bits per heavy atom. The summed E-state index contributed by atoms with van der Waals surface area (Å²) in [5.74, 6) is 0. The molecule has 0 radical (unpaired) electrons. The lowest BCUT2D eigenvalue weighted by Crippen LogP contribution is -2.07. The molecule has 12 heavy (non-hydrogen) atoms. The molecule has 1 aromatic rings. The molecular formula is C9H11N3. The van der Waals surface area contributed by atoms with Crippen LogP contribution in [0.25, 0.3) is 0 Å². The molecule has 0 aliphatic carbocycles. The molecule has 1 N–H and O–H groups in total. The van der Waals surface area contributed by atoms with E-state index in [-0.39, 0.29) is 0 Å². The van der Waals surface area contributed by atoms with Gasteiger partial charge >= 0.3 is 0 Å². The van der Waals surface area contributed by atoms with Gasteiger partial charge in [0.15, 0.2) is 6.19 Å². The summed E-state index contributed by atoms with van der Waals surface area (Å²) in [5.41, 5.74) is 3.10. The van der Waals surface area contributed by atoms with E-state index in [0.29, 0.717) is 6.54 Å². The Kier molecular flexibility index (Phi) is 2.65. The fourth-order valence-corrected chi connectivity index (χ4v) is 0.911. The number of nitrogens with zero attached hydrogens (tertiary/aromatic N) is 2. The zero-order chi connectivity index (χ0) is 8.97. The average molecular weight is 161 g/mol. The number of rotatable bonds is 2. The van der Waals surface area contributed by atoms with Crippen LogP contribution in [0.5, 0.6) is 0 Å². The fourth-order valence-electron chi connectivity index (χ4n) is 0.911. The minimum atomic E-state index is 0.512. The van der Waals surface area contributed by atoms with Crippen molar-refractivity contribution in [3.05, 3.63) is 29.1 Å².